The zero-order chi connectivity index (χ0) is 12.0. The normalized spacial score (nSPS) is 9.94. The van der Waals surface area contributed by atoms with Crippen molar-refractivity contribution in [3.63, 3.8) is 0 Å². The number of nitrogens with one attached hydrogen (secondary N) is 1. The minimum absolute atomic E-state index is 0.229. The van der Waals surface area contributed by atoms with Crippen molar-refractivity contribution in [3.05, 3.63) is 30.1 Å². The summed E-state index contributed by atoms with van der Waals surface area (Å²) in [5.41, 5.74) is 0.914. The summed E-state index contributed by atoms with van der Waals surface area (Å²) >= 11 is 5.28. The third-order valence-electron chi connectivity index (χ3n) is 2.23. The highest BCUT2D eigenvalue weighted by atomic mass is 32.1. The number of thiocarbonyl (C=S) groups is 1. The first-order valence-electron chi connectivity index (χ1n) is 5.50. The molecule has 0 atom stereocenters. The summed E-state index contributed by atoms with van der Waals surface area (Å²) in [5.74, 6) is -0.229. The molecule has 16 heavy (non-hydrogen) atoms. The highest BCUT2D eigenvalue weighted by Crippen LogP contribution is 2.14. The first-order valence-corrected chi connectivity index (χ1v) is 5.90. The highest BCUT2D eigenvalue weighted by molar-refractivity contribution is 7.80. The van der Waals surface area contributed by atoms with Crippen molar-refractivity contribution in [1.82, 2.24) is 5.32 Å². The summed E-state index contributed by atoms with van der Waals surface area (Å²) in [6.45, 7) is 5.73. The number of nitrogens with zero attached hydrogens (tertiary/aromatic N) is 1. The lowest BCUT2D eigenvalue weighted by Crippen LogP contribution is -2.40. The lowest BCUT2D eigenvalue weighted by molar-refractivity contribution is 0.628. The van der Waals surface area contributed by atoms with Crippen molar-refractivity contribution in [1.29, 1.82) is 0 Å². The van der Waals surface area contributed by atoms with E-state index in [2.05, 4.69) is 12.2 Å². The molecule has 0 heterocycles. The van der Waals surface area contributed by atoms with Gasteiger partial charge >= 0.3 is 0 Å². The van der Waals surface area contributed by atoms with Crippen LogP contribution in [0.4, 0.5) is 10.1 Å². The van der Waals surface area contributed by atoms with Gasteiger partial charge in [-0.1, -0.05) is 6.92 Å². The molecule has 0 bridgehead atoms. The van der Waals surface area contributed by atoms with Crippen LogP contribution in [0.15, 0.2) is 24.3 Å². The monoisotopic (exact) mass is 240 g/mol. The van der Waals surface area contributed by atoms with Crippen molar-refractivity contribution < 1.29 is 4.39 Å². The Kier molecular flexibility index (Phi) is 5.19. The first kappa shape index (κ1) is 12.9. The predicted octanol–water partition coefficient (Wildman–Crippen LogP) is 2.94. The van der Waals surface area contributed by atoms with E-state index in [1.165, 1.54) is 12.1 Å². The molecule has 0 saturated carbocycles. The highest BCUT2D eigenvalue weighted by Gasteiger charge is 2.08. The van der Waals surface area contributed by atoms with E-state index in [0.29, 0.717) is 5.11 Å². The Balaban J connectivity index is 2.73. The first-order chi connectivity index (χ1) is 7.69. The Bertz CT molecular complexity index is 337. The molecule has 1 aromatic rings. The van der Waals surface area contributed by atoms with E-state index in [-0.39, 0.29) is 5.82 Å². The van der Waals surface area contributed by atoms with E-state index in [1.54, 1.807) is 12.1 Å². The molecule has 1 aromatic carbocycles. The summed E-state index contributed by atoms with van der Waals surface area (Å²) in [4.78, 5) is 1.95. The van der Waals surface area contributed by atoms with Crippen LogP contribution in [0.1, 0.15) is 20.3 Å². The van der Waals surface area contributed by atoms with Crippen LogP contribution < -0.4 is 10.2 Å². The van der Waals surface area contributed by atoms with Gasteiger partial charge in [-0.2, -0.15) is 0 Å². The predicted molar refractivity (Wildman–Crippen MR) is 70.3 cm³/mol. The summed E-state index contributed by atoms with van der Waals surface area (Å²) in [6.07, 6.45) is 1.03. The molecule has 0 unspecified atom stereocenters. The molecule has 0 aromatic heterocycles. The second-order valence-electron chi connectivity index (χ2n) is 3.45. The fraction of sp³-hybridized carbons (Fsp3) is 0.417. The maximum Gasteiger partial charge on any atom is 0.173 e. The molecule has 0 fully saturated rings. The summed E-state index contributed by atoms with van der Waals surface area (Å²) < 4.78 is 12.8. The van der Waals surface area contributed by atoms with Crippen LogP contribution in [-0.2, 0) is 0 Å². The van der Waals surface area contributed by atoms with Crippen molar-refractivity contribution >= 4 is 23.0 Å². The molecule has 0 aliphatic carbocycles. The van der Waals surface area contributed by atoms with Gasteiger partial charge in [0.25, 0.3) is 0 Å². The van der Waals surface area contributed by atoms with E-state index < -0.39 is 0 Å². The standard InChI is InChI=1S/C12H17FN2S/c1-3-9-14-12(16)15(4-2)11-7-5-10(13)6-8-11/h5-8H,3-4,9H2,1-2H3,(H,14,16). The van der Waals surface area contributed by atoms with E-state index in [4.69, 9.17) is 12.2 Å². The molecule has 0 aliphatic rings. The fourth-order valence-electron chi connectivity index (χ4n) is 1.39. The van der Waals surface area contributed by atoms with Crippen LogP contribution >= 0.6 is 12.2 Å². The van der Waals surface area contributed by atoms with E-state index in [1.807, 2.05) is 11.8 Å². The number of hydrogen-bond donors (Lipinski definition) is 1. The largest absolute Gasteiger partial charge is 0.362 e. The topological polar surface area (TPSA) is 15.3 Å². The van der Waals surface area contributed by atoms with Crippen molar-refractivity contribution in [3.8, 4) is 0 Å². The minimum Gasteiger partial charge on any atom is -0.362 e. The Hall–Kier alpha value is -1.16. The molecule has 2 nitrogen and oxygen atoms in total. The second kappa shape index (κ2) is 6.43. The maximum absolute atomic E-state index is 12.8. The Morgan fingerprint density at radius 1 is 1.31 bits per heavy atom. The molecule has 4 heteroatoms. The van der Waals surface area contributed by atoms with Gasteiger partial charge in [0.05, 0.1) is 0 Å². The molecule has 0 saturated heterocycles. The maximum atomic E-state index is 12.8. The molecule has 0 aliphatic heterocycles. The van der Waals surface area contributed by atoms with Crippen molar-refractivity contribution in [2.24, 2.45) is 0 Å². The Morgan fingerprint density at radius 3 is 2.44 bits per heavy atom. The van der Waals surface area contributed by atoms with Crippen molar-refractivity contribution in [2.45, 2.75) is 20.3 Å². The molecular formula is C12H17FN2S. The van der Waals surface area contributed by atoms with E-state index >= 15 is 0 Å². The lowest BCUT2D eigenvalue weighted by atomic mass is 10.3. The van der Waals surface area contributed by atoms with Gasteiger partial charge in [0.15, 0.2) is 5.11 Å². The fourth-order valence-corrected chi connectivity index (χ4v) is 1.73. The molecular weight excluding hydrogens is 223 g/mol. The van der Waals surface area contributed by atoms with Crippen LogP contribution in [0, 0.1) is 5.82 Å². The lowest BCUT2D eigenvalue weighted by Gasteiger charge is -2.24. The van der Waals surface area contributed by atoms with Gasteiger partial charge in [0.2, 0.25) is 0 Å². The van der Waals surface area contributed by atoms with Crippen LogP contribution in [0.3, 0.4) is 0 Å². The second-order valence-corrected chi connectivity index (χ2v) is 3.84. The average Bonchev–Trinajstić information content (AvgIpc) is 2.30. The summed E-state index contributed by atoms with van der Waals surface area (Å²) in [5, 5.41) is 3.85. The van der Waals surface area contributed by atoms with Crippen molar-refractivity contribution in [2.75, 3.05) is 18.0 Å². The number of hydrogen-bond acceptors (Lipinski definition) is 1. The molecule has 0 spiro atoms. The van der Waals surface area contributed by atoms with Gasteiger partial charge in [-0.15, -0.1) is 0 Å². The Labute approximate surface area is 101 Å². The zero-order valence-corrected chi connectivity index (χ0v) is 10.5. The van der Waals surface area contributed by atoms with Gasteiger partial charge in [0, 0.05) is 18.8 Å². The third-order valence-corrected chi connectivity index (χ3v) is 2.59. The smallest absolute Gasteiger partial charge is 0.173 e. The molecule has 1 N–H and O–H groups in total. The number of benzene rings is 1. The van der Waals surface area contributed by atoms with Gasteiger partial charge in [0.1, 0.15) is 5.82 Å². The van der Waals surface area contributed by atoms with E-state index in [9.17, 15) is 4.39 Å². The third kappa shape index (κ3) is 3.45. The number of halogens is 1. The average molecular weight is 240 g/mol. The summed E-state index contributed by atoms with van der Waals surface area (Å²) in [6, 6.07) is 6.36. The van der Waals surface area contributed by atoms with Gasteiger partial charge in [-0.25, -0.2) is 4.39 Å². The molecule has 88 valence electrons. The van der Waals surface area contributed by atoms with Gasteiger partial charge in [-0.3, -0.25) is 0 Å². The minimum atomic E-state index is -0.229. The Morgan fingerprint density at radius 2 is 1.94 bits per heavy atom. The SMILES string of the molecule is CCCNC(=S)N(CC)c1ccc(F)cc1. The molecule has 1 rings (SSSR count). The van der Waals surface area contributed by atoms with Gasteiger partial charge in [-0.05, 0) is 49.8 Å². The molecule has 0 radical (unpaired) electrons. The van der Waals surface area contributed by atoms with Gasteiger partial charge < -0.3 is 10.2 Å². The number of rotatable bonds is 4. The quantitative estimate of drug-likeness (QED) is 0.815. The van der Waals surface area contributed by atoms with Crippen LogP contribution in [-0.4, -0.2) is 18.2 Å². The number of anilines is 1. The zero-order valence-electron chi connectivity index (χ0n) is 9.66. The summed E-state index contributed by atoms with van der Waals surface area (Å²) in [7, 11) is 0. The van der Waals surface area contributed by atoms with E-state index in [0.717, 1.165) is 25.2 Å². The molecule has 0 amide bonds. The van der Waals surface area contributed by atoms with Crippen LogP contribution in [0.5, 0.6) is 0 Å². The van der Waals surface area contributed by atoms with Crippen LogP contribution in [0.2, 0.25) is 0 Å². The van der Waals surface area contributed by atoms with Crippen LogP contribution in [0.25, 0.3) is 0 Å².